The molecule has 1 aromatic heterocycles. The summed E-state index contributed by atoms with van der Waals surface area (Å²) in [6, 6.07) is 3.81. The summed E-state index contributed by atoms with van der Waals surface area (Å²) in [5.74, 6) is 0. The van der Waals surface area contributed by atoms with E-state index in [1.54, 1.807) is 6.33 Å². The van der Waals surface area contributed by atoms with E-state index in [-0.39, 0.29) is 0 Å². The van der Waals surface area contributed by atoms with Gasteiger partial charge in [0.25, 0.3) is 0 Å². The van der Waals surface area contributed by atoms with E-state index in [1.807, 2.05) is 22.8 Å². The molecule has 0 aliphatic rings. The molecule has 0 unspecified atom stereocenters. The van der Waals surface area contributed by atoms with Gasteiger partial charge in [0.05, 0.1) is 22.4 Å². The van der Waals surface area contributed by atoms with Gasteiger partial charge in [0.1, 0.15) is 0 Å². The summed E-state index contributed by atoms with van der Waals surface area (Å²) < 4.78 is 2.91. The van der Waals surface area contributed by atoms with Crippen molar-refractivity contribution in [3.8, 4) is 0 Å². The lowest BCUT2D eigenvalue weighted by atomic mass is 10.3. The molecule has 0 radical (unpaired) electrons. The van der Waals surface area contributed by atoms with Crippen LogP contribution in [0.4, 0.5) is 0 Å². The molecular formula is C10H8BrClN2. The Bertz CT molecular complexity index is 490. The van der Waals surface area contributed by atoms with Crippen LogP contribution in [0.5, 0.6) is 0 Å². The lowest BCUT2D eigenvalue weighted by Crippen LogP contribution is -1.92. The van der Waals surface area contributed by atoms with Crippen molar-refractivity contribution >= 4 is 38.6 Å². The van der Waals surface area contributed by atoms with Gasteiger partial charge in [-0.15, -0.1) is 6.58 Å². The van der Waals surface area contributed by atoms with Gasteiger partial charge in [0, 0.05) is 11.0 Å². The molecule has 14 heavy (non-hydrogen) atoms. The molecule has 1 aromatic carbocycles. The molecule has 0 bridgehead atoms. The number of nitrogens with zero attached hydrogens (tertiary/aromatic N) is 2. The third kappa shape index (κ3) is 1.57. The van der Waals surface area contributed by atoms with Crippen LogP contribution < -0.4 is 0 Å². The highest BCUT2D eigenvalue weighted by molar-refractivity contribution is 9.10. The van der Waals surface area contributed by atoms with Crippen molar-refractivity contribution in [2.45, 2.75) is 6.54 Å². The Labute approximate surface area is 95.3 Å². The monoisotopic (exact) mass is 270 g/mol. The summed E-state index contributed by atoms with van der Waals surface area (Å²) in [7, 11) is 0. The van der Waals surface area contributed by atoms with E-state index in [0.717, 1.165) is 22.1 Å². The fourth-order valence-electron chi connectivity index (χ4n) is 1.40. The van der Waals surface area contributed by atoms with Crippen LogP contribution in [0.1, 0.15) is 0 Å². The minimum Gasteiger partial charge on any atom is -0.325 e. The number of imidazole rings is 1. The molecule has 0 saturated carbocycles. The van der Waals surface area contributed by atoms with Crippen LogP contribution in [0.15, 0.2) is 35.6 Å². The maximum Gasteiger partial charge on any atom is 0.0961 e. The van der Waals surface area contributed by atoms with Gasteiger partial charge in [-0.25, -0.2) is 4.98 Å². The number of fused-ring (bicyclic) bond motifs is 1. The third-order valence-corrected chi connectivity index (χ3v) is 2.70. The Morgan fingerprint density at radius 1 is 1.57 bits per heavy atom. The Morgan fingerprint density at radius 2 is 2.36 bits per heavy atom. The number of hydrogen-bond acceptors (Lipinski definition) is 1. The summed E-state index contributed by atoms with van der Waals surface area (Å²) in [6.07, 6.45) is 3.59. The van der Waals surface area contributed by atoms with Gasteiger partial charge in [0.2, 0.25) is 0 Å². The van der Waals surface area contributed by atoms with Crippen molar-refractivity contribution in [2.75, 3.05) is 0 Å². The molecule has 0 N–H and O–H groups in total. The molecule has 2 nitrogen and oxygen atoms in total. The number of hydrogen-bond donors (Lipinski definition) is 0. The quantitative estimate of drug-likeness (QED) is 0.763. The van der Waals surface area contributed by atoms with Crippen LogP contribution in [0.25, 0.3) is 11.0 Å². The van der Waals surface area contributed by atoms with Crippen molar-refractivity contribution in [1.29, 1.82) is 0 Å². The second kappa shape index (κ2) is 3.75. The molecule has 2 aromatic rings. The normalized spacial score (nSPS) is 10.7. The van der Waals surface area contributed by atoms with E-state index >= 15 is 0 Å². The van der Waals surface area contributed by atoms with Crippen LogP contribution in [0, 0.1) is 0 Å². The van der Waals surface area contributed by atoms with Crippen LogP contribution in [-0.4, -0.2) is 9.55 Å². The molecule has 0 atom stereocenters. The molecule has 0 aliphatic heterocycles. The molecule has 0 aliphatic carbocycles. The van der Waals surface area contributed by atoms with Crippen LogP contribution in [0.2, 0.25) is 5.02 Å². The van der Waals surface area contributed by atoms with Crippen LogP contribution in [0.3, 0.4) is 0 Å². The first kappa shape index (κ1) is 9.74. The lowest BCUT2D eigenvalue weighted by Gasteiger charge is -2.01. The van der Waals surface area contributed by atoms with E-state index < -0.39 is 0 Å². The first-order chi connectivity index (χ1) is 6.72. The maximum atomic E-state index is 6.12. The molecule has 72 valence electrons. The van der Waals surface area contributed by atoms with Gasteiger partial charge >= 0.3 is 0 Å². The molecular weight excluding hydrogens is 263 g/mol. The number of aromatic nitrogens is 2. The Kier molecular flexibility index (Phi) is 2.61. The summed E-state index contributed by atoms with van der Waals surface area (Å²) in [6.45, 7) is 4.41. The zero-order valence-corrected chi connectivity index (χ0v) is 9.72. The predicted octanol–water partition coefficient (Wildman–Crippen LogP) is 3.64. The van der Waals surface area contributed by atoms with E-state index in [9.17, 15) is 0 Å². The highest BCUT2D eigenvalue weighted by Crippen LogP contribution is 2.27. The molecule has 2 rings (SSSR count). The Balaban J connectivity index is 2.72. The Hall–Kier alpha value is -0.800. The molecule has 0 fully saturated rings. The summed E-state index contributed by atoms with van der Waals surface area (Å²) in [5.41, 5.74) is 1.85. The summed E-state index contributed by atoms with van der Waals surface area (Å²) in [5, 5.41) is 0.703. The van der Waals surface area contributed by atoms with Crippen molar-refractivity contribution in [1.82, 2.24) is 9.55 Å². The second-order valence-electron chi connectivity index (χ2n) is 2.94. The van der Waals surface area contributed by atoms with Gasteiger partial charge in [-0.1, -0.05) is 33.6 Å². The number of benzene rings is 1. The van der Waals surface area contributed by atoms with Gasteiger partial charge in [-0.2, -0.15) is 0 Å². The van der Waals surface area contributed by atoms with Crippen LogP contribution >= 0.6 is 27.5 Å². The highest BCUT2D eigenvalue weighted by atomic mass is 79.9. The zero-order valence-electron chi connectivity index (χ0n) is 7.37. The molecule has 4 heteroatoms. The third-order valence-electron chi connectivity index (χ3n) is 1.96. The maximum absolute atomic E-state index is 6.12. The minimum absolute atomic E-state index is 0.703. The predicted molar refractivity (Wildman–Crippen MR) is 62.6 cm³/mol. The van der Waals surface area contributed by atoms with Crippen molar-refractivity contribution in [3.05, 3.63) is 40.6 Å². The van der Waals surface area contributed by atoms with Gasteiger partial charge in [0.15, 0.2) is 0 Å². The van der Waals surface area contributed by atoms with Gasteiger partial charge in [-0.05, 0) is 12.1 Å². The number of allylic oxidation sites excluding steroid dienone is 1. The smallest absolute Gasteiger partial charge is 0.0961 e. The van der Waals surface area contributed by atoms with Gasteiger partial charge in [-0.3, -0.25) is 0 Å². The average Bonchev–Trinajstić information content (AvgIpc) is 2.49. The average molecular weight is 272 g/mol. The zero-order chi connectivity index (χ0) is 10.1. The van der Waals surface area contributed by atoms with Gasteiger partial charge < -0.3 is 4.57 Å². The van der Waals surface area contributed by atoms with E-state index in [1.165, 1.54) is 0 Å². The molecule has 0 saturated heterocycles. The minimum atomic E-state index is 0.703. The number of halogens is 2. The standard InChI is InChI=1S/C10H8BrClN2/c1-2-3-14-6-13-9-5-7(11)4-8(12)10(9)14/h2,4-6H,1,3H2. The first-order valence-corrected chi connectivity index (χ1v) is 5.30. The topological polar surface area (TPSA) is 17.8 Å². The largest absolute Gasteiger partial charge is 0.325 e. The lowest BCUT2D eigenvalue weighted by molar-refractivity contribution is 0.851. The van der Waals surface area contributed by atoms with Crippen molar-refractivity contribution < 1.29 is 0 Å². The van der Waals surface area contributed by atoms with Crippen molar-refractivity contribution in [3.63, 3.8) is 0 Å². The fraction of sp³-hybridized carbons (Fsp3) is 0.100. The SMILES string of the molecule is C=CCn1cnc2cc(Br)cc(Cl)c21. The summed E-state index contributed by atoms with van der Waals surface area (Å²) >= 11 is 9.50. The van der Waals surface area contributed by atoms with Crippen LogP contribution in [-0.2, 0) is 6.54 Å². The van der Waals surface area contributed by atoms with Crippen molar-refractivity contribution in [2.24, 2.45) is 0 Å². The first-order valence-electron chi connectivity index (χ1n) is 4.13. The fourth-order valence-corrected chi connectivity index (χ4v) is 2.30. The van der Waals surface area contributed by atoms with E-state index in [4.69, 9.17) is 11.6 Å². The molecule has 0 amide bonds. The number of rotatable bonds is 2. The van der Waals surface area contributed by atoms with E-state index in [2.05, 4.69) is 27.5 Å². The molecule has 0 spiro atoms. The Morgan fingerprint density at radius 3 is 3.07 bits per heavy atom. The highest BCUT2D eigenvalue weighted by Gasteiger charge is 2.06. The summed E-state index contributed by atoms with van der Waals surface area (Å²) in [4.78, 5) is 4.26. The second-order valence-corrected chi connectivity index (χ2v) is 4.26. The molecule has 1 heterocycles. The van der Waals surface area contributed by atoms with E-state index in [0.29, 0.717) is 5.02 Å².